The van der Waals surface area contributed by atoms with E-state index in [0.29, 0.717) is 23.9 Å². The summed E-state index contributed by atoms with van der Waals surface area (Å²) < 4.78 is 30.7. The Hall–Kier alpha value is -2.29. The van der Waals surface area contributed by atoms with E-state index < -0.39 is 20.0 Å². The fourth-order valence-electron chi connectivity index (χ4n) is 9.20. The Labute approximate surface area is 471 Å². The number of nitrogens with one attached hydrogen (secondary N) is 1. The first-order valence-electron chi connectivity index (χ1n) is 32.1. The first kappa shape index (κ1) is 73.7. The number of carbonyl (C=O) groups is 2. The van der Waals surface area contributed by atoms with Crippen molar-refractivity contribution in [1.29, 1.82) is 0 Å². The van der Waals surface area contributed by atoms with Crippen molar-refractivity contribution >= 4 is 19.7 Å². The lowest BCUT2D eigenvalue weighted by molar-refractivity contribution is -0.870. The van der Waals surface area contributed by atoms with Crippen molar-refractivity contribution in [3.05, 3.63) is 60.8 Å². The molecule has 2 N–H and O–H groups in total. The van der Waals surface area contributed by atoms with Crippen molar-refractivity contribution in [1.82, 2.24) is 5.32 Å². The van der Waals surface area contributed by atoms with Gasteiger partial charge in [0.25, 0.3) is 0 Å². The van der Waals surface area contributed by atoms with Gasteiger partial charge in [0.1, 0.15) is 19.3 Å². The molecule has 9 nitrogen and oxygen atoms in total. The minimum Gasteiger partial charge on any atom is -0.456 e. The third kappa shape index (κ3) is 56.4. The van der Waals surface area contributed by atoms with Crippen LogP contribution in [0.5, 0.6) is 0 Å². The number of hydrogen-bond donors (Lipinski definition) is 2. The predicted octanol–water partition coefficient (Wildman–Crippen LogP) is 19.8. The highest BCUT2D eigenvalue weighted by Crippen LogP contribution is 2.43. The quantitative estimate of drug-likeness (QED) is 0.0156. The predicted molar refractivity (Wildman–Crippen MR) is 328 cm³/mol. The Morgan fingerprint density at radius 1 is 0.474 bits per heavy atom. The molecule has 0 aromatic rings. The van der Waals surface area contributed by atoms with Crippen LogP contribution in [-0.4, -0.2) is 74.3 Å². The normalized spacial score (nSPS) is 14.0. The van der Waals surface area contributed by atoms with Gasteiger partial charge in [-0.1, -0.05) is 255 Å². The average Bonchev–Trinajstić information content (AvgIpc) is 3.38. The van der Waals surface area contributed by atoms with Gasteiger partial charge in [-0.25, -0.2) is 4.57 Å². The van der Waals surface area contributed by atoms with Crippen LogP contribution in [0.4, 0.5) is 0 Å². The van der Waals surface area contributed by atoms with E-state index in [-0.39, 0.29) is 31.5 Å². The van der Waals surface area contributed by atoms with Crippen molar-refractivity contribution in [3.63, 3.8) is 0 Å². The van der Waals surface area contributed by atoms with Crippen molar-refractivity contribution in [3.8, 4) is 0 Å². The fourth-order valence-corrected chi connectivity index (χ4v) is 9.93. The molecule has 0 saturated heterocycles. The molecule has 0 aliphatic rings. The van der Waals surface area contributed by atoms with E-state index in [9.17, 15) is 19.0 Å². The summed E-state index contributed by atoms with van der Waals surface area (Å²) in [5, 5.41) is 3.04. The van der Waals surface area contributed by atoms with Crippen LogP contribution in [0.25, 0.3) is 0 Å². The van der Waals surface area contributed by atoms with Gasteiger partial charge in [0.2, 0.25) is 5.91 Å². The molecule has 0 bridgehead atoms. The monoisotopic (exact) mass is 1090 g/mol. The Morgan fingerprint density at radius 3 is 1.30 bits per heavy atom. The largest absolute Gasteiger partial charge is 0.472 e. The van der Waals surface area contributed by atoms with Gasteiger partial charge in [-0.05, 0) is 89.5 Å². The highest BCUT2D eigenvalue weighted by molar-refractivity contribution is 7.47. The summed E-state index contributed by atoms with van der Waals surface area (Å²) in [6, 6.07) is -0.862. The average molecular weight is 1090 g/mol. The standard InChI is InChI=1S/C66H123N2O7P/c1-7-10-13-16-19-22-25-27-29-31-32-33-34-35-36-37-39-41-44-47-50-53-56-59-66(70)75-64(57-54-51-48-45-42-24-21-18-15-12-9-3)63(62-74-76(71,72)73-61-60-68(4,5)6)67-65(69)58-55-52-49-46-43-40-38-30-28-26-23-20-17-14-11-8-2/h19,22,27,29-30,38,40,43,54,57,63-64H,7-18,20-21,23-26,28,31-37,39,41-42,44-53,55-56,58-62H2,1-6H3,(H-,67,69,71,72)/p+1/b22-19-,29-27-,38-30+,43-40+,57-54-. The first-order valence-corrected chi connectivity index (χ1v) is 33.6. The molecule has 3 unspecified atom stereocenters. The molecule has 444 valence electrons. The maximum Gasteiger partial charge on any atom is 0.472 e. The summed E-state index contributed by atoms with van der Waals surface area (Å²) in [7, 11) is 1.48. The first-order chi connectivity index (χ1) is 36.9. The van der Waals surface area contributed by atoms with E-state index in [1.165, 1.54) is 186 Å². The highest BCUT2D eigenvalue weighted by Gasteiger charge is 2.30. The van der Waals surface area contributed by atoms with Gasteiger partial charge in [0, 0.05) is 12.8 Å². The zero-order valence-corrected chi connectivity index (χ0v) is 51.6. The van der Waals surface area contributed by atoms with Gasteiger partial charge in [-0.2, -0.15) is 0 Å². The summed E-state index contributed by atoms with van der Waals surface area (Å²) in [4.78, 5) is 37.7. The molecule has 3 atom stereocenters. The number of allylic oxidation sites excluding steroid dienone is 9. The molecule has 0 radical (unpaired) electrons. The van der Waals surface area contributed by atoms with Gasteiger partial charge in [0.15, 0.2) is 0 Å². The highest BCUT2D eigenvalue weighted by atomic mass is 31.2. The number of hydrogen-bond acceptors (Lipinski definition) is 6. The third-order valence-electron chi connectivity index (χ3n) is 14.2. The Kier molecular flexibility index (Phi) is 54.3. The number of unbranched alkanes of at least 4 members (excludes halogenated alkanes) is 35. The second kappa shape index (κ2) is 56.0. The Morgan fingerprint density at radius 2 is 0.842 bits per heavy atom. The summed E-state index contributed by atoms with van der Waals surface area (Å²) >= 11 is 0. The maximum absolute atomic E-state index is 13.5. The van der Waals surface area contributed by atoms with E-state index >= 15 is 0 Å². The van der Waals surface area contributed by atoms with Crippen LogP contribution in [0.2, 0.25) is 0 Å². The molecule has 0 aliphatic carbocycles. The number of likely N-dealkylation sites (N-methyl/N-ethyl adjacent to an activating group) is 1. The molecule has 0 aromatic heterocycles. The van der Waals surface area contributed by atoms with Crippen molar-refractivity contribution < 1.29 is 37.3 Å². The van der Waals surface area contributed by atoms with Gasteiger partial charge >= 0.3 is 13.8 Å². The molecule has 1 amide bonds. The number of ether oxygens (including phenoxy) is 1. The maximum atomic E-state index is 13.5. The number of phosphoric ester groups is 1. The van der Waals surface area contributed by atoms with Crippen LogP contribution < -0.4 is 5.32 Å². The molecular formula is C66H124N2O7P+. The minimum absolute atomic E-state index is 0.0346. The molecule has 0 saturated carbocycles. The van der Waals surface area contributed by atoms with Crippen molar-refractivity contribution in [2.24, 2.45) is 0 Å². The lowest BCUT2D eigenvalue weighted by Gasteiger charge is -2.27. The van der Waals surface area contributed by atoms with Gasteiger partial charge in [-0.15, -0.1) is 0 Å². The summed E-state index contributed by atoms with van der Waals surface area (Å²) in [5.74, 6) is -0.531. The summed E-state index contributed by atoms with van der Waals surface area (Å²) in [6.45, 7) is 6.97. The smallest absolute Gasteiger partial charge is 0.456 e. The zero-order valence-electron chi connectivity index (χ0n) is 50.7. The molecule has 0 spiro atoms. The Bertz CT molecular complexity index is 1490. The van der Waals surface area contributed by atoms with Gasteiger partial charge in [0.05, 0.1) is 33.8 Å². The lowest BCUT2D eigenvalue weighted by atomic mass is 10.0. The SMILES string of the molecule is CCCCC/C=C\C/C=C\CCCCCCCCCCCCCCCC(=O)OC(/C=C\CCCCCCCCCCC)C(COP(=O)(O)OCC[N+](C)(C)C)NC(=O)CCCCC/C=C/C=C/CCCCCCCCC. The van der Waals surface area contributed by atoms with E-state index in [0.717, 1.165) is 70.6 Å². The van der Waals surface area contributed by atoms with Crippen LogP contribution in [0.15, 0.2) is 60.8 Å². The molecular weight excluding hydrogens is 964 g/mol. The van der Waals surface area contributed by atoms with Crippen molar-refractivity contribution in [2.75, 3.05) is 40.9 Å². The van der Waals surface area contributed by atoms with E-state index in [2.05, 4.69) is 74.7 Å². The molecule has 76 heavy (non-hydrogen) atoms. The van der Waals surface area contributed by atoms with Crippen LogP contribution in [0, 0.1) is 0 Å². The number of carbonyl (C=O) groups excluding carboxylic acids is 2. The van der Waals surface area contributed by atoms with E-state index in [1.807, 2.05) is 33.3 Å². The van der Waals surface area contributed by atoms with Crippen LogP contribution in [-0.2, 0) is 27.9 Å². The van der Waals surface area contributed by atoms with Gasteiger partial charge < -0.3 is 19.4 Å². The number of esters is 1. The second-order valence-corrected chi connectivity index (χ2v) is 24.4. The minimum atomic E-state index is -4.45. The number of quaternary nitrogens is 1. The van der Waals surface area contributed by atoms with E-state index in [4.69, 9.17) is 13.8 Å². The topological polar surface area (TPSA) is 111 Å². The second-order valence-electron chi connectivity index (χ2n) is 23.0. The Balaban J connectivity index is 5.16. The molecule has 0 rings (SSSR count). The summed E-state index contributed by atoms with van der Waals surface area (Å²) in [6.07, 6.45) is 70.8. The summed E-state index contributed by atoms with van der Waals surface area (Å²) in [5.41, 5.74) is 0. The van der Waals surface area contributed by atoms with Crippen LogP contribution >= 0.6 is 7.82 Å². The number of nitrogens with zero attached hydrogens (tertiary/aromatic N) is 1. The molecule has 10 heteroatoms. The zero-order chi connectivity index (χ0) is 55.7. The molecule has 0 heterocycles. The third-order valence-corrected chi connectivity index (χ3v) is 15.2. The fraction of sp³-hybridized carbons (Fsp3) is 0.818. The molecule has 0 aromatic carbocycles. The number of rotatable bonds is 58. The number of phosphoric acid groups is 1. The lowest BCUT2D eigenvalue weighted by Crippen LogP contribution is -2.47. The molecule has 0 fully saturated rings. The van der Waals surface area contributed by atoms with Crippen LogP contribution in [0.1, 0.15) is 297 Å². The number of amides is 1. The van der Waals surface area contributed by atoms with Crippen LogP contribution in [0.3, 0.4) is 0 Å². The van der Waals surface area contributed by atoms with E-state index in [1.54, 1.807) is 0 Å². The van der Waals surface area contributed by atoms with Crippen molar-refractivity contribution in [2.45, 2.75) is 309 Å². The van der Waals surface area contributed by atoms with Gasteiger partial charge in [-0.3, -0.25) is 18.6 Å². The molecule has 0 aliphatic heterocycles.